The van der Waals surface area contributed by atoms with Gasteiger partial charge in [0, 0.05) is 9.92 Å². The molecule has 0 aliphatic rings. The number of hydrogen-bond donors (Lipinski definition) is 0. The van der Waals surface area contributed by atoms with Crippen molar-refractivity contribution in [2.24, 2.45) is 0 Å². The molecule has 1 nitrogen and oxygen atoms in total. The van der Waals surface area contributed by atoms with E-state index in [9.17, 15) is 0 Å². The van der Waals surface area contributed by atoms with Crippen molar-refractivity contribution in [2.75, 3.05) is 13.4 Å². The highest BCUT2D eigenvalue weighted by Crippen LogP contribution is 2.38. The first-order valence-corrected chi connectivity index (χ1v) is 7.81. The first-order valence-electron chi connectivity index (χ1n) is 5.77. The van der Waals surface area contributed by atoms with E-state index in [4.69, 9.17) is 27.9 Å². The number of methoxy groups -OCH3 is 1. The first-order chi connectivity index (χ1) is 9.17. The standard InChI is InChI=1S/C15H14Cl2OS/c1-18-10-7-8-11(13(16)9-10)15(17)12-5-3-4-6-14(12)19-2/h3-9,15H,1-2H3. The summed E-state index contributed by atoms with van der Waals surface area (Å²) in [5, 5.41) is 0.359. The molecule has 1 atom stereocenters. The van der Waals surface area contributed by atoms with Gasteiger partial charge >= 0.3 is 0 Å². The molecule has 0 aliphatic heterocycles. The lowest BCUT2D eigenvalue weighted by atomic mass is 10.0. The minimum absolute atomic E-state index is 0.262. The number of thioether (sulfide) groups is 1. The van der Waals surface area contributed by atoms with Gasteiger partial charge in [-0.25, -0.2) is 0 Å². The predicted octanol–water partition coefficient (Wildman–Crippen LogP) is 5.40. The Balaban J connectivity index is 2.41. The lowest BCUT2D eigenvalue weighted by Gasteiger charge is -2.15. The number of hydrogen-bond acceptors (Lipinski definition) is 2. The third kappa shape index (κ3) is 3.19. The summed E-state index contributed by atoms with van der Waals surface area (Å²) in [6.45, 7) is 0. The highest BCUT2D eigenvalue weighted by molar-refractivity contribution is 7.98. The summed E-state index contributed by atoms with van der Waals surface area (Å²) in [7, 11) is 1.62. The number of benzene rings is 2. The minimum Gasteiger partial charge on any atom is -0.497 e. The van der Waals surface area contributed by atoms with Crippen LogP contribution in [0.5, 0.6) is 5.75 Å². The van der Waals surface area contributed by atoms with Gasteiger partial charge in [0.05, 0.1) is 12.5 Å². The predicted molar refractivity (Wildman–Crippen MR) is 83.9 cm³/mol. The Morgan fingerprint density at radius 1 is 1.11 bits per heavy atom. The van der Waals surface area contributed by atoms with E-state index in [-0.39, 0.29) is 5.38 Å². The first kappa shape index (κ1) is 14.6. The van der Waals surface area contributed by atoms with Crippen LogP contribution in [-0.4, -0.2) is 13.4 Å². The Kier molecular flexibility index (Phi) is 5.03. The fourth-order valence-electron chi connectivity index (χ4n) is 1.88. The quantitative estimate of drug-likeness (QED) is 0.552. The van der Waals surface area contributed by atoms with Gasteiger partial charge in [0.1, 0.15) is 5.75 Å². The van der Waals surface area contributed by atoms with E-state index in [0.29, 0.717) is 5.02 Å². The molecule has 4 heteroatoms. The normalized spacial score (nSPS) is 12.2. The monoisotopic (exact) mass is 312 g/mol. The molecule has 0 amide bonds. The van der Waals surface area contributed by atoms with Crippen LogP contribution in [0.1, 0.15) is 16.5 Å². The van der Waals surface area contributed by atoms with Gasteiger partial charge < -0.3 is 4.74 Å². The van der Waals surface area contributed by atoms with Crippen LogP contribution in [0.15, 0.2) is 47.4 Å². The average molecular weight is 313 g/mol. The summed E-state index contributed by atoms with van der Waals surface area (Å²) in [5.74, 6) is 0.732. The second-order valence-corrected chi connectivity index (χ2v) is 5.68. The van der Waals surface area contributed by atoms with Crippen LogP contribution in [0.3, 0.4) is 0 Å². The number of alkyl halides is 1. The largest absolute Gasteiger partial charge is 0.497 e. The van der Waals surface area contributed by atoms with Gasteiger partial charge in [0.25, 0.3) is 0 Å². The highest BCUT2D eigenvalue weighted by atomic mass is 35.5. The van der Waals surface area contributed by atoms with Crippen molar-refractivity contribution in [3.8, 4) is 5.75 Å². The summed E-state index contributed by atoms with van der Waals surface area (Å²) >= 11 is 14.5. The second-order valence-electron chi connectivity index (χ2n) is 3.99. The summed E-state index contributed by atoms with van der Waals surface area (Å²) in [5.41, 5.74) is 1.97. The van der Waals surface area contributed by atoms with Gasteiger partial charge in [-0.15, -0.1) is 23.4 Å². The van der Waals surface area contributed by atoms with E-state index >= 15 is 0 Å². The summed E-state index contributed by atoms with van der Waals surface area (Å²) in [6.07, 6.45) is 2.04. The van der Waals surface area contributed by atoms with E-state index in [1.54, 1.807) is 24.9 Å². The molecule has 0 aromatic heterocycles. The van der Waals surface area contributed by atoms with Crippen LogP contribution in [-0.2, 0) is 0 Å². The lowest BCUT2D eigenvalue weighted by Crippen LogP contribution is -1.97. The maximum atomic E-state index is 6.58. The molecule has 0 saturated carbocycles. The zero-order valence-electron chi connectivity index (χ0n) is 10.7. The van der Waals surface area contributed by atoms with E-state index in [1.807, 2.05) is 36.6 Å². The Morgan fingerprint density at radius 3 is 2.47 bits per heavy atom. The zero-order valence-corrected chi connectivity index (χ0v) is 13.0. The van der Waals surface area contributed by atoms with Crippen molar-refractivity contribution >= 4 is 35.0 Å². The molecule has 0 bridgehead atoms. The van der Waals surface area contributed by atoms with E-state index in [0.717, 1.165) is 21.8 Å². The molecule has 0 fully saturated rings. The number of ether oxygens (including phenoxy) is 1. The molecule has 0 N–H and O–H groups in total. The summed E-state index contributed by atoms with van der Waals surface area (Å²) < 4.78 is 5.15. The van der Waals surface area contributed by atoms with Crippen molar-refractivity contribution < 1.29 is 4.74 Å². The van der Waals surface area contributed by atoms with Crippen LogP contribution in [0.2, 0.25) is 5.02 Å². The molecule has 0 heterocycles. The van der Waals surface area contributed by atoms with Crippen LogP contribution >= 0.6 is 35.0 Å². The van der Waals surface area contributed by atoms with Gasteiger partial charge in [0.2, 0.25) is 0 Å². The molecular weight excluding hydrogens is 299 g/mol. The molecular formula is C15H14Cl2OS. The molecule has 0 radical (unpaired) electrons. The third-order valence-corrected chi connectivity index (χ3v) is 4.50. The van der Waals surface area contributed by atoms with Gasteiger partial charge in [-0.1, -0.05) is 35.9 Å². The fraction of sp³-hybridized carbons (Fsp3) is 0.200. The SMILES string of the molecule is COc1ccc(C(Cl)c2ccccc2SC)c(Cl)c1. The third-order valence-electron chi connectivity index (χ3n) is 2.89. The van der Waals surface area contributed by atoms with Gasteiger partial charge in [-0.05, 0) is 35.6 Å². The maximum absolute atomic E-state index is 6.58. The summed E-state index contributed by atoms with van der Waals surface area (Å²) in [6, 6.07) is 13.7. The van der Waals surface area contributed by atoms with Gasteiger partial charge in [0.15, 0.2) is 0 Å². The number of rotatable bonds is 4. The van der Waals surface area contributed by atoms with Crippen molar-refractivity contribution in [1.82, 2.24) is 0 Å². The van der Waals surface area contributed by atoms with Gasteiger partial charge in [-0.2, -0.15) is 0 Å². The van der Waals surface area contributed by atoms with Crippen LogP contribution in [0.25, 0.3) is 0 Å². The van der Waals surface area contributed by atoms with Crippen LogP contribution in [0, 0.1) is 0 Å². The molecule has 0 spiro atoms. The Hall–Kier alpha value is -0.830. The smallest absolute Gasteiger partial charge is 0.120 e. The van der Waals surface area contributed by atoms with E-state index in [2.05, 4.69) is 6.07 Å². The topological polar surface area (TPSA) is 9.23 Å². The molecule has 2 aromatic rings. The van der Waals surface area contributed by atoms with E-state index in [1.165, 1.54) is 0 Å². The van der Waals surface area contributed by atoms with Crippen molar-refractivity contribution in [3.63, 3.8) is 0 Å². The Morgan fingerprint density at radius 2 is 1.84 bits per heavy atom. The van der Waals surface area contributed by atoms with Crippen LogP contribution in [0.4, 0.5) is 0 Å². The second kappa shape index (κ2) is 6.56. The maximum Gasteiger partial charge on any atom is 0.120 e. The molecule has 2 aromatic carbocycles. The van der Waals surface area contributed by atoms with Gasteiger partial charge in [-0.3, -0.25) is 0 Å². The molecule has 0 aliphatic carbocycles. The number of halogens is 2. The highest BCUT2D eigenvalue weighted by Gasteiger charge is 2.17. The molecule has 100 valence electrons. The lowest BCUT2D eigenvalue weighted by molar-refractivity contribution is 0.414. The zero-order chi connectivity index (χ0) is 13.8. The van der Waals surface area contributed by atoms with Crippen molar-refractivity contribution in [1.29, 1.82) is 0 Å². The van der Waals surface area contributed by atoms with E-state index < -0.39 is 0 Å². The average Bonchev–Trinajstić information content (AvgIpc) is 2.46. The van der Waals surface area contributed by atoms with Crippen LogP contribution < -0.4 is 4.74 Å². The molecule has 2 rings (SSSR count). The van der Waals surface area contributed by atoms with Crippen molar-refractivity contribution in [3.05, 3.63) is 58.6 Å². The van der Waals surface area contributed by atoms with Crippen molar-refractivity contribution in [2.45, 2.75) is 10.3 Å². The molecule has 0 saturated heterocycles. The Bertz CT molecular complexity index is 572. The fourth-order valence-corrected chi connectivity index (χ4v) is 3.30. The molecule has 19 heavy (non-hydrogen) atoms. The molecule has 1 unspecified atom stereocenters. The summed E-state index contributed by atoms with van der Waals surface area (Å²) in [4.78, 5) is 1.16. The Labute approximate surface area is 127 Å². The minimum atomic E-state index is -0.262.